The van der Waals surface area contributed by atoms with E-state index in [1.807, 2.05) is 36.9 Å². The number of fused-ring (bicyclic) bond motifs is 1. The zero-order chi connectivity index (χ0) is 21.4. The first-order valence-electron chi connectivity index (χ1n) is 10.5. The number of piperidine rings is 1. The van der Waals surface area contributed by atoms with Gasteiger partial charge in [-0.15, -0.1) is 11.3 Å². The maximum atomic E-state index is 13.5. The third kappa shape index (κ3) is 3.51. The number of likely N-dealkylation sites (tertiary alicyclic amines) is 1. The minimum Gasteiger partial charge on any atom is -0.338 e. The van der Waals surface area contributed by atoms with Gasteiger partial charge in [-0.25, -0.2) is 9.36 Å². The molecule has 1 aromatic carbocycles. The Kier molecular flexibility index (Phi) is 5.64. The molecule has 0 radical (unpaired) electrons. The SMILES string of the molecule is CC[C@H]1CCCCN1C(=O)Cn1c(=O)n(-c2cc(C)ccc2C)c(=O)c2sccc21. The molecule has 4 rings (SSSR count). The molecule has 1 atom stereocenters. The topological polar surface area (TPSA) is 64.3 Å². The van der Waals surface area contributed by atoms with Crippen molar-refractivity contribution in [3.05, 3.63) is 61.6 Å². The van der Waals surface area contributed by atoms with Gasteiger partial charge in [0.15, 0.2) is 0 Å². The van der Waals surface area contributed by atoms with E-state index in [1.165, 1.54) is 20.5 Å². The van der Waals surface area contributed by atoms with Crippen LogP contribution in [0, 0.1) is 13.8 Å². The molecule has 158 valence electrons. The number of aryl methyl sites for hydroxylation is 2. The fourth-order valence-corrected chi connectivity index (χ4v) is 5.22. The Bertz CT molecular complexity index is 1220. The van der Waals surface area contributed by atoms with Gasteiger partial charge in [-0.2, -0.15) is 0 Å². The van der Waals surface area contributed by atoms with Crippen molar-refractivity contribution in [2.45, 2.75) is 59.0 Å². The van der Waals surface area contributed by atoms with Crippen LogP contribution in [-0.4, -0.2) is 32.5 Å². The van der Waals surface area contributed by atoms with Crippen LogP contribution in [0.4, 0.5) is 0 Å². The molecule has 7 heteroatoms. The summed E-state index contributed by atoms with van der Waals surface area (Å²) in [6.45, 7) is 6.60. The number of aromatic nitrogens is 2. The van der Waals surface area contributed by atoms with E-state index in [0.29, 0.717) is 15.9 Å². The molecule has 2 aromatic heterocycles. The Labute approximate surface area is 179 Å². The van der Waals surface area contributed by atoms with E-state index in [2.05, 4.69) is 6.92 Å². The fourth-order valence-electron chi connectivity index (χ4n) is 4.39. The molecule has 0 aliphatic carbocycles. The summed E-state index contributed by atoms with van der Waals surface area (Å²) < 4.78 is 3.19. The van der Waals surface area contributed by atoms with E-state index in [9.17, 15) is 14.4 Å². The zero-order valence-electron chi connectivity index (χ0n) is 17.7. The third-order valence-corrected chi connectivity index (χ3v) is 6.96. The number of carbonyl (C=O) groups excluding carboxylic acids is 1. The van der Waals surface area contributed by atoms with Gasteiger partial charge in [-0.05, 0) is 68.2 Å². The molecule has 0 spiro atoms. The lowest BCUT2D eigenvalue weighted by Crippen LogP contribution is -2.47. The molecule has 1 aliphatic heterocycles. The summed E-state index contributed by atoms with van der Waals surface area (Å²) in [5, 5.41) is 1.80. The first kappa shape index (κ1) is 20.6. The number of hydrogen-bond donors (Lipinski definition) is 0. The van der Waals surface area contributed by atoms with Crippen molar-refractivity contribution in [1.82, 2.24) is 14.0 Å². The lowest BCUT2D eigenvalue weighted by Gasteiger charge is -2.35. The number of amides is 1. The summed E-state index contributed by atoms with van der Waals surface area (Å²) in [6, 6.07) is 7.70. The number of hydrogen-bond acceptors (Lipinski definition) is 4. The lowest BCUT2D eigenvalue weighted by atomic mass is 10.00. The fraction of sp³-hybridized carbons (Fsp3) is 0.435. The van der Waals surface area contributed by atoms with Crippen LogP contribution >= 0.6 is 11.3 Å². The van der Waals surface area contributed by atoms with Crippen LogP contribution < -0.4 is 11.2 Å². The minimum atomic E-state index is -0.460. The van der Waals surface area contributed by atoms with Crippen LogP contribution in [0.25, 0.3) is 15.9 Å². The van der Waals surface area contributed by atoms with Gasteiger partial charge >= 0.3 is 5.69 Å². The average Bonchev–Trinajstić information content (AvgIpc) is 3.23. The van der Waals surface area contributed by atoms with Gasteiger partial charge < -0.3 is 4.90 Å². The molecule has 3 aromatic rings. The summed E-state index contributed by atoms with van der Waals surface area (Å²) in [5.74, 6) is -0.0534. The smallest absolute Gasteiger partial charge is 0.336 e. The number of nitrogens with zero attached hydrogens (tertiary/aromatic N) is 3. The van der Waals surface area contributed by atoms with Crippen molar-refractivity contribution in [3.8, 4) is 5.69 Å². The average molecular weight is 426 g/mol. The Morgan fingerprint density at radius 1 is 1.17 bits per heavy atom. The van der Waals surface area contributed by atoms with E-state index in [4.69, 9.17) is 0 Å². The number of thiophene rings is 1. The number of carbonyl (C=O) groups is 1. The van der Waals surface area contributed by atoms with Crippen LogP contribution in [-0.2, 0) is 11.3 Å². The third-order valence-electron chi connectivity index (χ3n) is 6.07. The summed E-state index contributed by atoms with van der Waals surface area (Å²) >= 11 is 1.31. The van der Waals surface area contributed by atoms with Gasteiger partial charge in [-0.1, -0.05) is 19.1 Å². The standard InChI is InChI=1S/C23H27N3O3S/c1-4-17-7-5-6-11-24(17)20(27)14-25-18-10-12-30-21(18)22(28)26(23(25)29)19-13-15(2)8-9-16(19)3/h8-10,12-13,17H,4-7,11,14H2,1-3H3/t17-/m0/s1. The summed E-state index contributed by atoms with van der Waals surface area (Å²) in [6.07, 6.45) is 4.05. The molecule has 30 heavy (non-hydrogen) atoms. The molecule has 0 N–H and O–H groups in total. The molecule has 1 saturated heterocycles. The van der Waals surface area contributed by atoms with Gasteiger partial charge in [0.1, 0.15) is 11.2 Å². The first-order chi connectivity index (χ1) is 14.4. The van der Waals surface area contributed by atoms with Gasteiger partial charge in [0.25, 0.3) is 5.56 Å². The van der Waals surface area contributed by atoms with Crippen LogP contribution in [0.15, 0.2) is 39.2 Å². The molecular weight excluding hydrogens is 398 g/mol. The molecule has 0 bridgehead atoms. The Hall–Kier alpha value is -2.67. The highest BCUT2D eigenvalue weighted by atomic mass is 32.1. The molecule has 3 heterocycles. The van der Waals surface area contributed by atoms with Crippen molar-refractivity contribution >= 4 is 27.5 Å². The molecule has 1 aliphatic rings. The monoisotopic (exact) mass is 425 g/mol. The van der Waals surface area contributed by atoms with Crippen molar-refractivity contribution < 1.29 is 4.79 Å². The van der Waals surface area contributed by atoms with Crippen molar-refractivity contribution in [1.29, 1.82) is 0 Å². The maximum absolute atomic E-state index is 13.5. The quantitative estimate of drug-likeness (QED) is 0.641. The molecular formula is C23H27N3O3S. The van der Waals surface area contributed by atoms with E-state index < -0.39 is 5.69 Å². The minimum absolute atomic E-state index is 0.0479. The second kappa shape index (κ2) is 8.22. The first-order valence-corrected chi connectivity index (χ1v) is 11.4. The Morgan fingerprint density at radius 3 is 2.73 bits per heavy atom. The van der Waals surface area contributed by atoms with E-state index in [0.717, 1.165) is 43.4 Å². The highest BCUT2D eigenvalue weighted by Crippen LogP contribution is 2.22. The number of benzene rings is 1. The van der Waals surface area contributed by atoms with Crippen molar-refractivity contribution in [3.63, 3.8) is 0 Å². The van der Waals surface area contributed by atoms with Gasteiger partial charge in [0.05, 0.1) is 11.2 Å². The van der Waals surface area contributed by atoms with E-state index >= 15 is 0 Å². The second-order valence-corrected chi connectivity index (χ2v) is 9.00. The molecule has 0 unspecified atom stereocenters. The highest BCUT2D eigenvalue weighted by Gasteiger charge is 2.27. The molecule has 0 saturated carbocycles. The Balaban J connectivity index is 1.86. The van der Waals surface area contributed by atoms with Crippen molar-refractivity contribution in [2.24, 2.45) is 0 Å². The van der Waals surface area contributed by atoms with Gasteiger partial charge in [0.2, 0.25) is 5.91 Å². The van der Waals surface area contributed by atoms with Gasteiger partial charge in [0, 0.05) is 12.6 Å². The maximum Gasteiger partial charge on any atom is 0.336 e. The summed E-state index contributed by atoms with van der Waals surface area (Å²) in [5.41, 5.74) is 2.14. The normalized spacial score (nSPS) is 16.9. The highest BCUT2D eigenvalue weighted by molar-refractivity contribution is 7.17. The molecule has 1 fully saturated rings. The van der Waals surface area contributed by atoms with Gasteiger partial charge in [-0.3, -0.25) is 14.2 Å². The van der Waals surface area contributed by atoms with E-state index in [-0.39, 0.29) is 24.1 Å². The molecule has 1 amide bonds. The predicted molar refractivity (Wildman–Crippen MR) is 121 cm³/mol. The Morgan fingerprint density at radius 2 is 1.97 bits per heavy atom. The van der Waals surface area contributed by atoms with Crippen LogP contribution in [0.3, 0.4) is 0 Å². The zero-order valence-corrected chi connectivity index (χ0v) is 18.5. The number of rotatable bonds is 4. The van der Waals surface area contributed by atoms with E-state index in [1.54, 1.807) is 11.4 Å². The van der Waals surface area contributed by atoms with Crippen molar-refractivity contribution in [2.75, 3.05) is 6.54 Å². The molecule has 6 nitrogen and oxygen atoms in total. The summed E-state index contributed by atoms with van der Waals surface area (Å²) in [7, 11) is 0. The van der Waals surface area contributed by atoms with Crippen LogP contribution in [0.5, 0.6) is 0 Å². The largest absolute Gasteiger partial charge is 0.338 e. The summed E-state index contributed by atoms with van der Waals surface area (Å²) in [4.78, 5) is 41.8. The van der Waals surface area contributed by atoms with Crippen LogP contribution in [0.2, 0.25) is 0 Å². The lowest BCUT2D eigenvalue weighted by molar-refractivity contribution is -0.135. The van der Waals surface area contributed by atoms with Crippen LogP contribution in [0.1, 0.15) is 43.7 Å². The predicted octanol–water partition coefficient (Wildman–Crippen LogP) is 3.62. The second-order valence-electron chi connectivity index (χ2n) is 8.08.